The van der Waals surface area contributed by atoms with Crippen molar-refractivity contribution in [2.45, 2.75) is 6.92 Å². The highest BCUT2D eigenvalue weighted by atomic mass is 35.5. The minimum absolute atomic E-state index is 0.317. The van der Waals surface area contributed by atoms with Gasteiger partial charge < -0.3 is 19.8 Å². The molecule has 0 saturated heterocycles. The summed E-state index contributed by atoms with van der Waals surface area (Å²) in [6.07, 6.45) is 0. The molecule has 0 atom stereocenters. The summed E-state index contributed by atoms with van der Waals surface area (Å²) in [6, 6.07) is 17.8. The third kappa shape index (κ3) is 4.73. The molecule has 0 fully saturated rings. The lowest BCUT2D eigenvalue weighted by molar-refractivity contribution is -0.119. The van der Waals surface area contributed by atoms with Crippen molar-refractivity contribution in [1.29, 1.82) is 0 Å². The van der Waals surface area contributed by atoms with Gasteiger partial charge in [0.05, 0.1) is 28.7 Å². The molecule has 0 saturated carbocycles. The van der Waals surface area contributed by atoms with Gasteiger partial charge in [-0.3, -0.25) is 4.79 Å². The van der Waals surface area contributed by atoms with E-state index in [-0.39, 0.29) is 0 Å². The number of fused-ring (bicyclic) bond motifs is 1. The molecule has 7 nitrogen and oxygen atoms in total. The van der Waals surface area contributed by atoms with E-state index in [1.54, 1.807) is 36.4 Å². The minimum Gasteiger partial charge on any atom is -0.495 e. The highest BCUT2D eigenvalue weighted by Crippen LogP contribution is 2.27. The van der Waals surface area contributed by atoms with Crippen LogP contribution in [0.25, 0.3) is 22.4 Å². The topological polar surface area (TPSA) is 93.3 Å². The molecule has 0 bridgehead atoms. The number of aromatic amines is 1. The minimum atomic E-state index is -0.610. The first kappa shape index (κ1) is 21.4. The van der Waals surface area contributed by atoms with Crippen LogP contribution in [0.5, 0.6) is 5.75 Å². The number of halogens is 1. The summed E-state index contributed by atoms with van der Waals surface area (Å²) in [4.78, 5) is 32.3. The van der Waals surface area contributed by atoms with Gasteiger partial charge in [0.1, 0.15) is 11.6 Å². The molecule has 0 spiro atoms. The Morgan fingerprint density at radius 3 is 2.56 bits per heavy atom. The van der Waals surface area contributed by atoms with Crippen LogP contribution < -0.4 is 10.1 Å². The number of amides is 1. The maximum absolute atomic E-state index is 12.4. The van der Waals surface area contributed by atoms with Crippen LogP contribution in [0.15, 0.2) is 60.7 Å². The van der Waals surface area contributed by atoms with E-state index in [2.05, 4.69) is 15.3 Å². The number of esters is 1. The molecule has 162 valence electrons. The van der Waals surface area contributed by atoms with Crippen molar-refractivity contribution in [3.05, 3.63) is 76.8 Å². The number of nitrogens with zero attached hydrogens (tertiary/aromatic N) is 1. The Bertz CT molecular complexity index is 1300. The maximum atomic E-state index is 12.4. The maximum Gasteiger partial charge on any atom is 0.338 e. The molecule has 4 aromatic rings. The summed E-state index contributed by atoms with van der Waals surface area (Å²) in [5, 5.41) is 2.98. The number of aryl methyl sites for hydroxylation is 1. The number of methoxy groups -OCH3 is 1. The molecular formula is C24H20ClN3O4. The summed E-state index contributed by atoms with van der Waals surface area (Å²) in [6.45, 7) is 1.59. The van der Waals surface area contributed by atoms with Crippen molar-refractivity contribution in [3.63, 3.8) is 0 Å². The summed E-state index contributed by atoms with van der Waals surface area (Å²) in [5.74, 6) is 0.115. The molecule has 0 unspecified atom stereocenters. The summed E-state index contributed by atoms with van der Waals surface area (Å²) in [5.41, 5.74) is 4.33. The van der Waals surface area contributed by atoms with Crippen LogP contribution in [0.4, 0.5) is 5.69 Å². The fourth-order valence-electron chi connectivity index (χ4n) is 3.14. The summed E-state index contributed by atoms with van der Waals surface area (Å²) in [7, 11) is 1.50. The van der Waals surface area contributed by atoms with Crippen LogP contribution in [0.2, 0.25) is 5.02 Å². The first-order valence-electron chi connectivity index (χ1n) is 9.80. The average molecular weight is 450 g/mol. The Labute approximate surface area is 189 Å². The number of anilines is 1. The van der Waals surface area contributed by atoms with E-state index in [9.17, 15) is 9.59 Å². The molecule has 4 rings (SSSR count). The molecular weight excluding hydrogens is 430 g/mol. The van der Waals surface area contributed by atoms with Crippen LogP contribution in [0, 0.1) is 6.92 Å². The normalized spacial score (nSPS) is 10.7. The van der Waals surface area contributed by atoms with Gasteiger partial charge in [-0.2, -0.15) is 0 Å². The second-order valence-corrected chi connectivity index (χ2v) is 7.56. The van der Waals surface area contributed by atoms with E-state index in [0.29, 0.717) is 33.4 Å². The number of aromatic nitrogens is 2. The molecule has 2 N–H and O–H groups in total. The largest absolute Gasteiger partial charge is 0.495 e. The first-order valence-corrected chi connectivity index (χ1v) is 10.2. The zero-order valence-electron chi connectivity index (χ0n) is 17.4. The van der Waals surface area contributed by atoms with E-state index in [1.165, 1.54) is 7.11 Å². The Morgan fingerprint density at radius 1 is 1.06 bits per heavy atom. The smallest absolute Gasteiger partial charge is 0.338 e. The zero-order valence-corrected chi connectivity index (χ0v) is 18.2. The van der Waals surface area contributed by atoms with Gasteiger partial charge >= 0.3 is 5.97 Å². The van der Waals surface area contributed by atoms with Gasteiger partial charge in [-0.25, -0.2) is 9.78 Å². The Kier molecular flexibility index (Phi) is 6.09. The molecule has 1 amide bonds. The lowest BCUT2D eigenvalue weighted by atomic mass is 10.1. The van der Waals surface area contributed by atoms with Crippen LogP contribution in [0.3, 0.4) is 0 Å². The fraction of sp³-hybridized carbons (Fsp3) is 0.125. The predicted octanol–water partition coefficient (Wildman–Crippen LogP) is 5.00. The van der Waals surface area contributed by atoms with E-state index in [1.807, 2.05) is 31.2 Å². The summed E-state index contributed by atoms with van der Waals surface area (Å²) >= 11 is 6.05. The molecule has 3 aromatic carbocycles. The number of carbonyl (C=O) groups is 2. The van der Waals surface area contributed by atoms with Crippen molar-refractivity contribution in [1.82, 2.24) is 9.97 Å². The van der Waals surface area contributed by atoms with Crippen LogP contribution >= 0.6 is 11.6 Å². The van der Waals surface area contributed by atoms with E-state index in [0.717, 1.165) is 16.6 Å². The average Bonchev–Trinajstić information content (AvgIpc) is 3.21. The van der Waals surface area contributed by atoms with Crippen LogP contribution in [-0.2, 0) is 9.53 Å². The third-order valence-electron chi connectivity index (χ3n) is 4.81. The highest BCUT2D eigenvalue weighted by molar-refractivity contribution is 6.32. The van der Waals surface area contributed by atoms with Crippen LogP contribution in [0.1, 0.15) is 15.9 Å². The fourth-order valence-corrected chi connectivity index (χ4v) is 3.40. The van der Waals surface area contributed by atoms with Gasteiger partial charge in [0.15, 0.2) is 6.61 Å². The number of ether oxygens (including phenoxy) is 2. The summed E-state index contributed by atoms with van der Waals surface area (Å²) < 4.78 is 10.2. The lowest BCUT2D eigenvalue weighted by Gasteiger charge is -2.08. The van der Waals surface area contributed by atoms with Crippen molar-refractivity contribution < 1.29 is 19.1 Å². The van der Waals surface area contributed by atoms with Gasteiger partial charge in [0.25, 0.3) is 5.91 Å². The lowest BCUT2D eigenvalue weighted by Crippen LogP contribution is -2.20. The monoisotopic (exact) mass is 449 g/mol. The Morgan fingerprint density at radius 2 is 1.84 bits per heavy atom. The van der Waals surface area contributed by atoms with Gasteiger partial charge in [-0.05, 0) is 43.3 Å². The van der Waals surface area contributed by atoms with Crippen molar-refractivity contribution in [2.75, 3.05) is 19.0 Å². The predicted molar refractivity (Wildman–Crippen MR) is 123 cm³/mol. The molecule has 0 radical (unpaired) electrons. The van der Waals surface area contributed by atoms with Gasteiger partial charge in [0.2, 0.25) is 0 Å². The van der Waals surface area contributed by atoms with Gasteiger partial charge in [-0.15, -0.1) is 0 Å². The van der Waals surface area contributed by atoms with E-state index >= 15 is 0 Å². The van der Waals surface area contributed by atoms with Gasteiger partial charge in [-0.1, -0.05) is 41.4 Å². The number of imidazole rings is 1. The number of hydrogen-bond acceptors (Lipinski definition) is 5. The highest BCUT2D eigenvalue weighted by Gasteiger charge is 2.13. The molecule has 0 aliphatic carbocycles. The SMILES string of the molecule is COc1ccc(NC(=O)COC(=O)c2ccc3nc(-c4ccc(C)cc4)[nH]c3c2)cc1Cl. The van der Waals surface area contributed by atoms with Crippen molar-refractivity contribution >= 4 is 40.2 Å². The molecule has 0 aliphatic rings. The van der Waals surface area contributed by atoms with E-state index in [4.69, 9.17) is 21.1 Å². The molecule has 1 heterocycles. The van der Waals surface area contributed by atoms with Gasteiger partial charge in [0, 0.05) is 11.3 Å². The number of hydrogen-bond donors (Lipinski definition) is 2. The Balaban J connectivity index is 1.40. The standard InChI is InChI=1S/C24H20ClN3O4/c1-14-3-5-15(6-4-14)23-27-19-9-7-16(11-20(19)28-23)24(30)32-13-22(29)26-17-8-10-21(31-2)18(25)12-17/h3-12H,13H2,1-2H3,(H,26,29)(H,27,28). The second kappa shape index (κ2) is 9.11. The number of benzene rings is 3. The second-order valence-electron chi connectivity index (χ2n) is 7.16. The van der Waals surface area contributed by atoms with Crippen molar-refractivity contribution in [2.24, 2.45) is 0 Å². The van der Waals surface area contributed by atoms with E-state index < -0.39 is 18.5 Å². The van der Waals surface area contributed by atoms with Crippen molar-refractivity contribution in [3.8, 4) is 17.1 Å². The number of rotatable bonds is 6. The molecule has 8 heteroatoms. The first-order chi connectivity index (χ1) is 15.4. The molecule has 1 aromatic heterocycles. The molecule has 32 heavy (non-hydrogen) atoms. The zero-order chi connectivity index (χ0) is 22.7. The van der Waals surface area contributed by atoms with Crippen LogP contribution in [-0.4, -0.2) is 35.6 Å². The number of carbonyl (C=O) groups excluding carboxylic acids is 2. The molecule has 0 aliphatic heterocycles. The third-order valence-corrected chi connectivity index (χ3v) is 5.11. The number of nitrogens with one attached hydrogen (secondary N) is 2. The Hall–Kier alpha value is -3.84. The number of H-pyrrole nitrogens is 1. The quantitative estimate of drug-likeness (QED) is 0.404.